The SMILES string of the molecule is CC(C)Oc1ccccc1OC(=O)N(C)CO. The van der Waals surface area contributed by atoms with Crippen LogP contribution in [0.4, 0.5) is 4.79 Å². The van der Waals surface area contributed by atoms with Gasteiger partial charge in [-0.25, -0.2) is 4.79 Å². The molecule has 5 heteroatoms. The zero-order valence-electron chi connectivity index (χ0n) is 10.2. The molecule has 0 spiro atoms. The molecule has 0 aliphatic rings. The first-order chi connectivity index (χ1) is 8.04. The molecular formula is C12H17NO4. The molecule has 0 aliphatic heterocycles. The summed E-state index contributed by atoms with van der Waals surface area (Å²) in [7, 11) is 1.44. The van der Waals surface area contributed by atoms with Crippen LogP contribution in [0.25, 0.3) is 0 Å². The highest BCUT2D eigenvalue weighted by atomic mass is 16.6. The van der Waals surface area contributed by atoms with Gasteiger partial charge in [-0.1, -0.05) is 12.1 Å². The molecule has 0 saturated carbocycles. The van der Waals surface area contributed by atoms with Gasteiger partial charge in [-0.15, -0.1) is 0 Å². The fourth-order valence-electron chi connectivity index (χ4n) is 1.12. The first-order valence-corrected chi connectivity index (χ1v) is 5.34. The van der Waals surface area contributed by atoms with Crippen molar-refractivity contribution in [1.29, 1.82) is 0 Å². The molecule has 1 aromatic rings. The van der Waals surface area contributed by atoms with Gasteiger partial charge in [0.05, 0.1) is 6.10 Å². The molecule has 0 fully saturated rings. The van der Waals surface area contributed by atoms with E-state index in [1.165, 1.54) is 7.05 Å². The predicted octanol–water partition coefficient (Wildman–Crippen LogP) is 1.85. The van der Waals surface area contributed by atoms with Crippen molar-refractivity contribution >= 4 is 6.09 Å². The van der Waals surface area contributed by atoms with Crippen LogP contribution in [0.3, 0.4) is 0 Å². The maximum absolute atomic E-state index is 11.5. The van der Waals surface area contributed by atoms with Crippen molar-refractivity contribution in [3.8, 4) is 11.5 Å². The van der Waals surface area contributed by atoms with Crippen molar-refractivity contribution in [2.75, 3.05) is 13.8 Å². The number of para-hydroxylation sites is 2. The number of aliphatic hydroxyl groups excluding tert-OH is 1. The third-order valence-corrected chi connectivity index (χ3v) is 1.93. The molecule has 0 atom stereocenters. The van der Waals surface area contributed by atoms with Crippen LogP contribution in [-0.2, 0) is 0 Å². The van der Waals surface area contributed by atoms with Crippen molar-refractivity contribution in [3.05, 3.63) is 24.3 Å². The fraction of sp³-hybridized carbons (Fsp3) is 0.417. The normalized spacial score (nSPS) is 10.2. The van der Waals surface area contributed by atoms with E-state index in [2.05, 4.69) is 0 Å². The second-order valence-corrected chi connectivity index (χ2v) is 3.82. The maximum Gasteiger partial charge on any atom is 0.416 e. The fourth-order valence-corrected chi connectivity index (χ4v) is 1.12. The first-order valence-electron chi connectivity index (χ1n) is 5.34. The van der Waals surface area contributed by atoms with Crippen molar-refractivity contribution in [2.45, 2.75) is 20.0 Å². The van der Waals surface area contributed by atoms with Gasteiger partial charge in [0.25, 0.3) is 0 Å². The van der Waals surface area contributed by atoms with Crippen LogP contribution in [0.2, 0.25) is 0 Å². The molecule has 5 nitrogen and oxygen atoms in total. The number of carbonyl (C=O) groups excluding carboxylic acids is 1. The number of hydrogen-bond donors (Lipinski definition) is 1. The number of aliphatic hydroxyl groups is 1. The minimum Gasteiger partial charge on any atom is -0.487 e. The second kappa shape index (κ2) is 6.10. The summed E-state index contributed by atoms with van der Waals surface area (Å²) < 4.78 is 10.6. The quantitative estimate of drug-likeness (QED) is 0.815. The lowest BCUT2D eigenvalue weighted by Crippen LogP contribution is -2.30. The van der Waals surface area contributed by atoms with Gasteiger partial charge >= 0.3 is 6.09 Å². The van der Waals surface area contributed by atoms with E-state index < -0.39 is 12.8 Å². The van der Waals surface area contributed by atoms with Crippen LogP contribution in [0.1, 0.15) is 13.8 Å². The summed E-state index contributed by atoms with van der Waals surface area (Å²) in [6.45, 7) is 3.38. The minimum atomic E-state index is -0.632. The van der Waals surface area contributed by atoms with E-state index in [1.54, 1.807) is 24.3 Å². The number of carbonyl (C=O) groups is 1. The van der Waals surface area contributed by atoms with E-state index in [0.29, 0.717) is 11.5 Å². The van der Waals surface area contributed by atoms with Gasteiger partial charge in [0.15, 0.2) is 11.5 Å². The summed E-state index contributed by atoms with van der Waals surface area (Å²) in [5.74, 6) is 0.841. The van der Waals surface area contributed by atoms with Crippen LogP contribution in [0, 0.1) is 0 Å². The molecule has 1 amide bonds. The molecule has 0 heterocycles. The number of hydrogen-bond acceptors (Lipinski definition) is 4. The first kappa shape index (κ1) is 13.3. The Bertz CT molecular complexity index is 379. The Balaban J connectivity index is 2.79. The largest absolute Gasteiger partial charge is 0.487 e. The van der Waals surface area contributed by atoms with Gasteiger partial charge in [-0.05, 0) is 26.0 Å². The molecule has 1 aromatic carbocycles. The van der Waals surface area contributed by atoms with Gasteiger partial charge in [-0.2, -0.15) is 0 Å². The van der Waals surface area contributed by atoms with Gasteiger partial charge in [0, 0.05) is 7.05 Å². The van der Waals surface area contributed by atoms with E-state index in [1.807, 2.05) is 13.8 Å². The highest BCUT2D eigenvalue weighted by molar-refractivity contribution is 5.71. The molecule has 1 rings (SSSR count). The van der Waals surface area contributed by atoms with Gasteiger partial charge in [-0.3, -0.25) is 4.90 Å². The van der Waals surface area contributed by atoms with Gasteiger partial charge in [0.1, 0.15) is 6.73 Å². The predicted molar refractivity (Wildman–Crippen MR) is 63.1 cm³/mol. The average Bonchev–Trinajstić information content (AvgIpc) is 2.29. The minimum absolute atomic E-state index is 0.00887. The lowest BCUT2D eigenvalue weighted by molar-refractivity contribution is 0.108. The highest BCUT2D eigenvalue weighted by Crippen LogP contribution is 2.27. The van der Waals surface area contributed by atoms with Gasteiger partial charge in [0.2, 0.25) is 0 Å². The maximum atomic E-state index is 11.5. The Hall–Kier alpha value is -1.75. The van der Waals surface area contributed by atoms with Crippen LogP contribution >= 0.6 is 0 Å². The van der Waals surface area contributed by atoms with Crippen molar-refractivity contribution in [1.82, 2.24) is 4.90 Å². The molecule has 94 valence electrons. The number of ether oxygens (including phenoxy) is 2. The summed E-state index contributed by atoms with van der Waals surface area (Å²) in [5, 5.41) is 8.79. The van der Waals surface area contributed by atoms with Crippen LogP contribution in [0.15, 0.2) is 24.3 Å². The zero-order valence-corrected chi connectivity index (χ0v) is 10.2. The molecule has 0 unspecified atom stereocenters. The zero-order chi connectivity index (χ0) is 12.8. The van der Waals surface area contributed by atoms with Crippen LogP contribution in [0.5, 0.6) is 11.5 Å². The molecule has 0 radical (unpaired) electrons. The third-order valence-electron chi connectivity index (χ3n) is 1.93. The monoisotopic (exact) mass is 239 g/mol. The van der Waals surface area contributed by atoms with Crippen LogP contribution < -0.4 is 9.47 Å². The van der Waals surface area contributed by atoms with Gasteiger partial charge < -0.3 is 14.6 Å². The summed E-state index contributed by atoms with van der Waals surface area (Å²) in [6.07, 6.45) is -0.641. The average molecular weight is 239 g/mol. The Morgan fingerprint density at radius 3 is 2.47 bits per heavy atom. The van der Waals surface area contributed by atoms with E-state index in [0.717, 1.165) is 4.90 Å². The third kappa shape index (κ3) is 3.96. The molecule has 0 aliphatic carbocycles. The standard InChI is InChI=1S/C12H17NO4/c1-9(2)16-10-6-4-5-7-11(10)17-12(15)13(3)8-14/h4-7,9,14H,8H2,1-3H3. The Labute approximate surface area is 101 Å². The van der Waals surface area contributed by atoms with Crippen molar-refractivity contribution < 1.29 is 19.4 Å². The van der Waals surface area contributed by atoms with E-state index in [9.17, 15) is 4.79 Å². The summed E-state index contributed by atoms with van der Waals surface area (Å²) in [4.78, 5) is 12.5. The van der Waals surface area contributed by atoms with Crippen LogP contribution in [-0.4, -0.2) is 36.0 Å². The Morgan fingerprint density at radius 1 is 1.35 bits per heavy atom. The second-order valence-electron chi connectivity index (χ2n) is 3.82. The topological polar surface area (TPSA) is 59.0 Å². The molecular weight excluding hydrogens is 222 g/mol. The number of nitrogens with zero attached hydrogens (tertiary/aromatic N) is 1. The molecule has 0 aromatic heterocycles. The lowest BCUT2D eigenvalue weighted by atomic mass is 10.3. The summed E-state index contributed by atoms with van der Waals surface area (Å²) in [5.41, 5.74) is 0. The van der Waals surface area contributed by atoms with E-state index in [4.69, 9.17) is 14.6 Å². The summed E-state index contributed by atoms with van der Waals surface area (Å²) >= 11 is 0. The number of benzene rings is 1. The highest BCUT2D eigenvalue weighted by Gasteiger charge is 2.13. The summed E-state index contributed by atoms with van der Waals surface area (Å²) in [6, 6.07) is 6.90. The van der Waals surface area contributed by atoms with Crippen molar-refractivity contribution in [3.63, 3.8) is 0 Å². The van der Waals surface area contributed by atoms with E-state index in [-0.39, 0.29) is 6.10 Å². The molecule has 17 heavy (non-hydrogen) atoms. The van der Waals surface area contributed by atoms with E-state index >= 15 is 0 Å². The molecule has 0 bridgehead atoms. The molecule has 1 N–H and O–H groups in total. The molecule has 0 saturated heterocycles. The number of amides is 1. The smallest absolute Gasteiger partial charge is 0.416 e. The van der Waals surface area contributed by atoms with Crippen molar-refractivity contribution in [2.24, 2.45) is 0 Å². The Morgan fingerprint density at radius 2 is 1.94 bits per heavy atom. The Kier molecular flexibility index (Phi) is 4.78. The number of rotatable bonds is 4. The lowest BCUT2D eigenvalue weighted by Gasteiger charge is -2.16.